The molecule has 0 aliphatic heterocycles. The number of rotatable bonds is 3. The lowest BCUT2D eigenvalue weighted by Gasteiger charge is -2.10. The van der Waals surface area contributed by atoms with Crippen LogP contribution in [0.4, 0.5) is 18.9 Å². The first-order chi connectivity index (χ1) is 10.3. The van der Waals surface area contributed by atoms with E-state index in [1.165, 1.54) is 31.4 Å². The lowest BCUT2D eigenvalue weighted by Crippen LogP contribution is -2.13. The topological polar surface area (TPSA) is 38.3 Å². The Morgan fingerprint density at radius 1 is 1.18 bits per heavy atom. The van der Waals surface area contributed by atoms with Crippen LogP contribution in [0.25, 0.3) is 0 Å². The molecule has 3 nitrogen and oxygen atoms in total. The third-order valence-electron chi connectivity index (χ3n) is 2.86. The number of anilines is 1. The van der Waals surface area contributed by atoms with Gasteiger partial charge in [0.25, 0.3) is 5.91 Å². The fraction of sp³-hybridized carbons (Fsp3) is 0.133. The number of halogens is 4. The third kappa shape index (κ3) is 3.79. The van der Waals surface area contributed by atoms with Gasteiger partial charge in [0, 0.05) is 11.3 Å². The average Bonchev–Trinajstić information content (AvgIpc) is 2.46. The fourth-order valence-corrected chi connectivity index (χ4v) is 2.32. The predicted octanol–water partition coefficient (Wildman–Crippen LogP) is 4.73. The minimum Gasteiger partial charge on any atom is -0.496 e. The van der Waals surface area contributed by atoms with Crippen LogP contribution >= 0.6 is 15.9 Å². The number of carbonyl (C=O) groups excluding carboxylic acids is 1. The molecule has 0 aliphatic rings. The Hall–Kier alpha value is -2.02. The van der Waals surface area contributed by atoms with E-state index in [-0.39, 0.29) is 5.69 Å². The van der Waals surface area contributed by atoms with Crippen molar-refractivity contribution in [2.24, 2.45) is 0 Å². The number of nitrogens with one attached hydrogen (secondary N) is 1. The summed E-state index contributed by atoms with van der Waals surface area (Å²) in [7, 11) is 1.49. The molecule has 0 heterocycles. The van der Waals surface area contributed by atoms with Crippen molar-refractivity contribution in [1.29, 1.82) is 0 Å². The summed E-state index contributed by atoms with van der Waals surface area (Å²) < 4.78 is 43.5. The maximum Gasteiger partial charge on any atom is 0.416 e. The normalized spacial score (nSPS) is 11.1. The van der Waals surface area contributed by atoms with Gasteiger partial charge in [-0.15, -0.1) is 0 Å². The summed E-state index contributed by atoms with van der Waals surface area (Å²) in [5, 5.41) is 2.43. The Kier molecular flexibility index (Phi) is 4.75. The van der Waals surface area contributed by atoms with Crippen molar-refractivity contribution in [1.82, 2.24) is 0 Å². The largest absolute Gasteiger partial charge is 0.496 e. The molecule has 22 heavy (non-hydrogen) atoms. The maximum absolute atomic E-state index is 12.6. The molecule has 1 N–H and O–H groups in total. The molecule has 0 radical (unpaired) electrons. The molecule has 2 aromatic carbocycles. The van der Waals surface area contributed by atoms with Crippen LogP contribution in [0.1, 0.15) is 15.9 Å². The standard InChI is InChI=1S/C15H11BrF3NO2/c1-22-13-6-5-9(7-12(13)16)14(21)20-11-4-2-3-10(8-11)15(17,18)19/h2-8H,1H3,(H,20,21). The fourth-order valence-electron chi connectivity index (χ4n) is 1.78. The zero-order chi connectivity index (χ0) is 16.3. The third-order valence-corrected chi connectivity index (χ3v) is 3.48. The Bertz CT molecular complexity index is 701. The van der Waals surface area contributed by atoms with Crippen molar-refractivity contribution in [2.75, 3.05) is 12.4 Å². The maximum atomic E-state index is 12.6. The molecule has 0 saturated heterocycles. The molecule has 0 spiro atoms. The van der Waals surface area contributed by atoms with E-state index in [1.807, 2.05) is 0 Å². The molecule has 2 rings (SSSR count). The number of amides is 1. The van der Waals surface area contributed by atoms with Crippen LogP contribution in [-0.2, 0) is 6.18 Å². The number of ether oxygens (including phenoxy) is 1. The van der Waals surface area contributed by atoms with Gasteiger partial charge in [0.2, 0.25) is 0 Å². The van der Waals surface area contributed by atoms with Gasteiger partial charge in [-0.3, -0.25) is 4.79 Å². The highest BCUT2D eigenvalue weighted by molar-refractivity contribution is 9.10. The van der Waals surface area contributed by atoms with E-state index >= 15 is 0 Å². The van der Waals surface area contributed by atoms with Crippen LogP contribution in [0, 0.1) is 0 Å². The van der Waals surface area contributed by atoms with Crippen LogP contribution in [-0.4, -0.2) is 13.0 Å². The number of benzene rings is 2. The summed E-state index contributed by atoms with van der Waals surface area (Å²) in [6.45, 7) is 0. The molecule has 0 unspecified atom stereocenters. The molecule has 0 aromatic heterocycles. The molecule has 0 fully saturated rings. The number of carbonyl (C=O) groups is 1. The van der Waals surface area contributed by atoms with E-state index in [1.54, 1.807) is 6.07 Å². The zero-order valence-corrected chi connectivity index (χ0v) is 13.0. The van der Waals surface area contributed by atoms with E-state index in [0.717, 1.165) is 12.1 Å². The number of alkyl halides is 3. The van der Waals surface area contributed by atoms with Crippen LogP contribution in [0.2, 0.25) is 0 Å². The van der Waals surface area contributed by atoms with Gasteiger partial charge in [-0.1, -0.05) is 6.07 Å². The average molecular weight is 374 g/mol. The second-order valence-corrected chi connectivity index (χ2v) is 5.24. The summed E-state index contributed by atoms with van der Waals surface area (Å²) in [6.07, 6.45) is -4.45. The molecule has 2 aromatic rings. The molecular formula is C15H11BrF3NO2. The van der Waals surface area contributed by atoms with Gasteiger partial charge < -0.3 is 10.1 Å². The summed E-state index contributed by atoms with van der Waals surface area (Å²) in [4.78, 5) is 12.1. The Labute approximate surface area is 133 Å². The molecule has 0 bridgehead atoms. The van der Waals surface area contributed by atoms with Crippen molar-refractivity contribution in [3.8, 4) is 5.75 Å². The zero-order valence-electron chi connectivity index (χ0n) is 11.4. The summed E-state index contributed by atoms with van der Waals surface area (Å²) in [6, 6.07) is 9.10. The summed E-state index contributed by atoms with van der Waals surface area (Å²) >= 11 is 3.24. The Morgan fingerprint density at radius 2 is 1.91 bits per heavy atom. The highest BCUT2D eigenvalue weighted by Gasteiger charge is 2.30. The second kappa shape index (κ2) is 6.39. The number of methoxy groups -OCH3 is 1. The predicted molar refractivity (Wildman–Crippen MR) is 80.1 cm³/mol. The Balaban J connectivity index is 2.20. The van der Waals surface area contributed by atoms with Crippen LogP contribution < -0.4 is 10.1 Å². The molecule has 116 valence electrons. The van der Waals surface area contributed by atoms with E-state index < -0.39 is 17.6 Å². The lowest BCUT2D eigenvalue weighted by molar-refractivity contribution is -0.137. The molecule has 0 aliphatic carbocycles. The minimum absolute atomic E-state index is 0.0757. The van der Waals surface area contributed by atoms with Gasteiger partial charge in [0.05, 0.1) is 17.1 Å². The van der Waals surface area contributed by atoms with Crippen LogP contribution in [0.5, 0.6) is 5.75 Å². The van der Waals surface area contributed by atoms with Gasteiger partial charge in [0.15, 0.2) is 0 Å². The van der Waals surface area contributed by atoms with Crippen molar-refractivity contribution in [3.63, 3.8) is 0 Å². The van der Waals surface area contributed by atoms with Gasteiger partial charge in [-0.05, 0) is 52.3 Å². The molecule has 1 amide bonds. The van der Waals surface area contributed by atoms with Gasteiger partial charge in [0.1, 0.15) is 5.75 Å². The Morgan fingerprint density at radius 3 is 2.50 bits per heavy atom. The van der Waals surface area contributed by atoms with E-state index in [0.29, 0.717) is 15.8 Å². The van der Waals surface area contributed by atoms with E-state index in [4.69, 9.17) is 4.74 Å². The first-order valence-electron chi connectivity index (χ1n) is 6.13. The van der Waals surface area contributed by atoms with E-state index in [2.05, 4.69) is 21.2 Å². The monoisotopic (exact) mass is 373 g/mol. The SMILES string of the molecule is COc1ccc(C(=O)Nc2cccc(C(F)(F)F)c2)cc1Br. The van der Waals surface area contributed by atoms with Crippen molar-refractivity contribution in [3.05, 3.63) is 58.1 Å². The van der Waals surface area contributed by atoms with Gasteiger partial charge in [-0.2, -0.15) is 13.2 Å². The lowest BCUT2D eigenvalue weighted by atomic mass is 10.1. The van der Waals surface area contributed by atoms with Crippen LogP contribution in [0.15, 0.2) is 46.9 Å². The quantitative estimate of drug-likeness (QED) is 0.844. The van der Waals surface area contributed by atoms with Crippen molar-refractivity contribution >= 4 is 27.5 Å². The van der Waals surface area contributed by atoms with E-state index in [9.17, 15) is 18.0 Å². The first kappa shape index (κ1) is 16.4. The second-order valence-electron chi connectivity index (χ2n) is 4.38. The smallest absolute Gasteiger partial charge is 0.416 e. The molecular weight excluding hydrogens is 363 g/mol. The van der Waals surface area contributed by atoms with Gasteiger partial charge >= 0.3 is 6.18 Å². The highest BCUT2D eigenvalue weighted by Crippen LogP contribution is 2.31. The molecule has 0 atom stereocenters. The molecule has 0 saturated carbocycles. The minimum atomic E-state index is -4.45. The number of hydrogen-bond donors (Lipinski definition) is 1. The number of hydrogen-bond acceptors (Lipinski definition) is 2. The van der Waals surface area contributed by atoms with Crippen molar-refractivity contribution in [2.45, 2.75) is 6.18 Å². The van der Waals surface area contributed by atoms with Crippen LogP contribution in [0.3, 0.4) is 0 Å². The highest BCUT2D eigenvalue weighted by atomic mass is 79.9. The van der Waals surface area contributed by atoms with Gasteiger partial charge in [-0.25, -0.2) is 0 Å². The first-order valence-corrected chi connectivity index (χ1v) is 6.92. The van der Waals surface area contributed by atoms with Crippen molar-refractivity contribution < 1.29 is 22.7 Å². The summed E-state index contributed by atoms with van der Waals surface area (Å²) in [5.74, 6) is 0.0401. The molecule has 7 heteroatoms. The summed E-state index contributed by atoms with van der Waals surface area (Å²) in [5.41, 5.74) is -0.446.